The van der Waals surface area contributed by atoms with E-state index in [9.17, 15) is 33.6 Å². The summed E-state index contributed by atoms with van der Waals surface area (Å²) in [6.07, 6.45) is -4.80. The van der Waals surface area contributed by atoms with Gasteiger partial charge < -0.3 is 63.9 Å². The van der Waals surface area contributed by atoms with Gasteiger partial charge >= 0.3 is 24.0 Å². The Morgan fingerprint density at radius 1 is 0.661 bits per heavy atom. The van der Waals surface area contributed by atoms with Gasteiger partial charge in [-0.25, -0.2) is 4.79 Å². The predicted octanol–water partition coefficient (Wildman–Crippen LogP) is -0.352. The zero-order valence-electron chi connectivity index (χ0n) is 32.2. The molecule has 4 N–H and O–H groups in total. The number of hydrogen-bond donors (Lipinski definition) is 4. The first-order valence-corrected chi connectivity index (χ1v) is 18.1. The van der Waals surface area contributed by atoms with Gasteiger partial charge in [0.2, 0.25) is 17.7 Å². The standard InChI is InChI=1S/C36H54N4O16/c1-24(41)40-32-34(55-27(4)44)33(54-26(3)43)29(23-52-25(2)42)56-35(32)51-20-19-50-18-17-49-16-15-48-14-13-38-30(45)11-8-12-37-31(46)21-39-36(47)53-22-28-9-6-5-7-10-28/h5-7,9-10,29,32-35H,8,11-23H2,1-4H3,(H,37,46)(H,38,45)(H,39,47)(H,40,41). The molecule has 0 bridgehead atoms. The molecule has 1 heterocycles. The van der Waals surface area contributed by atoms with E-state index >= 15 is 0 Å². The third-order valence-electron chi connectivity index (χ3n) is 7.40. The van der Waals surface area contributed by atoms with Crippen LogP contribution in [0.4, 0.5) is 4.79 Å². The Hall–Kier alpha value is -4.89. The first-order chi connectivity index (χ1) is 26.8. The van der Waals surface area contributed by atoms with Crippen LogP contribution in [0, 0.1) is 0 Å². The maximum absolute atomic E-state index is 12.0. The highest BCUT2D eigenvalue weighted by Gasteiger charge is 2.51. The normalized spacial score (nSPS) is 18.8. The lowest BCUT2D eigenvalue weighted by Crippen LogP contribution is -2.66. The van der Waals surface area contributed by atoms with Crippen molar-refractivity contribution in [2.75, 3.05) is 72.5 Å². The largest absolute Gasteiger partial charge is 0.463 e. The molecule has 1 saturated heterocycles. The summed E-state index contributed by atoms with van der Waals surface area (Å²) >= 11 is 0. The maximum Gasteiger partial charge on any atom is 0.407 e. The molecule has 20 heteroatoms. The van der Waals surface area contributed by atoms with Crippen LogP contribution in [-0.2, 0) is 78.0 Å². The Bertz CT molecular complexity index is 1380. The smallest absolute Gasteiger partial charge is 0.407 e. The van der Waals surface area contributed by atoms with E-state index in [0.29, 0.717) is 13.0 Å². The van der Waals surface area contributed by atoms with Gasteiger partial charge in [0.1, 0.15) is 25.4 Å². The lowest BCUT2D eigenvalue weighted by Gasteiger charge is -2.44. The zero-order chi connectivity index (χ0) is 41.1. The van der Waals surface area contributed by atoms with E-state index in [1.807, 2.05) is 30.3 Å². The number of esters is 3. The summed E-state index contributed by atoms with van der Waals surface area (Å²) in [5.74, 6) is -3.13. The molecule has 0 spiro atoms. The Morgan fingerprint density at radius 3 is 1.89 bits per heavy atom. The first kappa shape index (κ1) is 47.3. The molecule has 5 unspecified atom stereocenters. The van der Waals surface area contributed by atoms with Gasteiger partial charge in [0.25, 0.3) is 0 Å². The van der Waals surface area contributed by atoms with Crippen LogP contribution >= 0.6 is 0 Å². The monoisotopic (exact) mass is 798 g/mol. The topological polar surface area (TPSA) is 251 Å². The molecule has 1 fully saturated rings. The molecular weight excluding hydrogens is 744 g/mol. The van der Waals surface area contributed by atoms with Gasteiger partial charge in [-0.2, -0.15) is 0 Å². The van der Waals surface area contributed by atoms with Crippen molar-refractivity contribution in [1.82, 2.24) is 21.3 Å². The Kier molecular flexibility index (Phi) is 23.3. The minimum atomic E-state index is -1.22. The number of carbonyl (C=O) groups excluding carboxylic acids is 7. The number of carbonyl (C=O) groups is 7. The van der Waals surface area contributed by atoms with Crippen molar-refractivity contribution < 1.29 is 76.2 Å². The average molecular weight is 799 g/mol. The van der Waals surface area contributed by atoms with Crippen LogP contribution in [0.3, 0.4) is 0 Å². The van der Waals surface area contributed by atoms with Crippen molar-refractivity contribution in [1.29, 1.82) is 0 Å². The van der Waals surface area contributed by atoms with Crippen LogP contribution in [0.25, 0.3) is 0 Å². The fourth-order valence-corrected chi connectivity index (χ4v) is 5.02. The molecule has 5 atom stereocenters. The molecule has 2 rings (SSSR count). The Morgan fingerprint density at radius 2 is 1.27 bits per heavy atom. The van der Waals surface area contributed by atoms with E-state index in [-0.39, 0.29) is 84.9 Å². The van der Waals surface area contributed by atoms with Gasteiger partial charge in [-0.15, -0.1) is 0 Å². The van der Waals surface area contributed by atoms with Crippen LogP contribution < -0.4 is 21.3 Å². The number of amides is 4. The van der Waals surface area contributed by atoms with Gasteiger partial charge in [-0.1, -0.05) is 30.3 Å². The van der Waals surface area contributed by atoms with Crippen molar-refractivity contribution in [3.8, 4) is 0 Å². The molecular formula is C36H54N4O16. The number of nitrogens with one attached hydrogen (secondary N) is 4. The van der Waals surface area contributed by atoms with Crippen LogP contribution in [0.1, 0.15) is 46.1 Å². The number of alkyl carbamates (subject to hydrolysis) is 1. The molecule has 0 saturated carbocycles. The summed E-state index contributed by atoms with van der Waals surface area (Å²) < 4.78 is 49.1. The Labute approximate surface area is 325 Å². The highest BCUT2D eigenvalue weighted by atomic mass is 16.7. The van der Waals surface area contributed by atoms with Gasteiger partial charge in [-0.05, 0) is 12.0 Å². The number of hydrogen-bond acceptors (Lipinski definition) is 16. The molecule has 1 aliphatic rings. The fraction of sp³-hybridized carbons (Fsp3) is 0.639. The fourth-order valence-electron chi connectivity index (χ4n) is 5.02. The second-order valence-electron chi connectivity index (χ2n) is 12.1. The molecule has 56 heavy (non-hydrogen) atoms. The zero-order valence-corrected chi connectivity index (χ0v) is 32.2. The quantitative estimate of drug-likeness (QED) is 0.0531. The molecule has 1 aromatic carbocycles. The van der Waals surface area contributed by atoms with E-state index in [4.69, 9.17) is 42.6 Å². The van der Waals surface area contributed by atoms with E-state index in [1.54, 1.807) is 0 Å². The highest BCUT2D eigenvalue weighted by Crippen LogP contribution is 2.28. The molecule has 0 radical (unpaired) electrons. The van der Waals surface area contributed by atoms with E-state index in [0.717, 1.165) is 19.4 Å². The summed E-state index contributed by atoms with van der Waals surface area (Å²) in [7, 11) is 0. The van der Waals surface area contributed by atoms with Crippen LogP contribution in [0.15, 0.2) is 30.3 Å². The molecule has 20 nitrogen and oxygen atoms in total. The minimum Gasteiger partial charge on any atom is -0.463 e. The third-order valence-corrected chi connectivity index (χ3v) is 7.40. The summed E-state index contributed by atoms with van der Waals surface area (Å²) in [6.45, 7) is 6.21. The van der Waals surface area contributed by atoms with E-state index in [1.165, 1.54) is 13.8 Å². The molecule has 0 aromatic heterocycles. The van der Waals surface area contributed by atoms with Crippen LogP contribution in [0.2, 0.25) is 0 Å². The van der Waals surface area contributed by atoms with E-state index < -0.39 is 66.5 Å². The van der Waals surface area contributed by atoms with Crippen molar-refractivity contribution >= 4 is 41.7 Å². The van der Waals surface area contributed by atoms with Crippen molar-refractivity contribution in [3.05, 3.63) is 35.9 Å². The van der Waals surface area contributed by atoms with E-state index in [2.05, 4.69) is 21.3 Å². The minimum absolute atomic E-state index is 0.0130. The van der Waals surface area contributed by atoms with Gasteiger partial charge in [0.05, 0.1) is 52.8 Å². The van der Waals surface area contributed by atoms with Gasteiger partial charge in [0, 0.05) is 47.2 Å². The van der Waals surface area contributed by atoms with Crippen molar-refractivity contribution in [3.63, 3.8) is 0 Å². The first-order valence-electron chi connectivity index (χ1n) is 18.1. The molecule has 1 aromatic rings. The SMILES string of the molecule is CC(=O)NC1C(OCCOCCOCCOCCNC(=O)CCCNC(=O)CNC(=O)OCc2ccccc2)OC(COC(C)=O)C(OC(C)=O)C1OC(C)=O. The molecule has 314 valence electrons. The van der Waals surface area contributed by atoms with Crippen LogP contribution in [0.5, 0.6) is 0 Å². The summed E-state index contributed by atoms with van der Waals surface area (Å²) in [4.78, 5) is 82.9. The van der Waals surface area contributed by atoms with Crippen molar-refractivity contribution in [2.24, 2.45) is 0 Å². The lowest BCUT2D eigenvalue weighted by molar-refractivity contribution is -0.279. The lowest BCUT2D eigenvalue weighted by atomic mass is 9.96. The number of ether oxygens (including phenoxy) is 9. The predicted molar refractivity (Wildman–Crippen MR) is 192 cm³/mol. The number of benzene rings is 1. The molecule has 4 amide bonds. The number of rotatable bonds is 26. The summed E-state index contributed by atoms with van der Waals surface area (Å²) in [5, 5.41) is 10.3. The second kappa shape index (κ2) is 27.7. The second-order valence-corrected chi connectivity index (χ2v) is 12.1. The highest BCUT2D eigenvalue weighted by molar-refractivity contribution is 5.82. The Balaban J connectivity index is 1.53. The van der Waals surface area contributed by atoms with Gasteiger partial charge in [-0.3, -0.25) is 28.8 Å². The van der Waals surface area contributed by atoms with Crippen molar-refractivity contribution in [2.45, 2.75) is 77.8 Å². The van der Waals surface area contributed by atoms with Crippen LogP contribution in [-0.4, -0.2) is 145 Å². The van der Waals surface area contributed by atoms with Gasteiger partial charge in [0.15, 0.2) is 18.5 Å². The summed E-state index contributed by atoms with van der Waals surface area (Å²) in [6, 6.07) is 8.06. The maximum atomic E-state index is 12.0. The third kappa shape index (κ3) is 21.3. The average Bonchev–Trinajstić information content (AvgIpc) is 3.14. The molecule has 0 aliphatic carbocycles. The summed E-state index contributed by atoms with van der Waals surface area (Å²) in [5.41, 5.74) is 0.828. The molecule has 1 aliphatic heterocycles.